The molecule has 2 N–H and O–H groups in total. The van der Waals surface area contributed by atoms with E-state index >= 15 is 0 Å². The lowest BCUT2D eigenvalue weighted by Gasteiger charge is -2.15. The molecule has 3 rings (SSSR count). The van der Waals surface area contributed by atoms with Crippen molar-refractivity contribution in [2.24, 2.45) is 0 Å². The molecule has 0 aliphatic heterocycles. The molecule has 0 spiro atoms. The number of nitrogens with zero attached hydrogens (tertiary/aromatic N) is 1. The third kappa shape index (κ3) is 2.62. The van der Waals surface area contributed by atoms with Gasteiger partial charge in [0.25, 0.3) is 0 Å². The molecule has 1 heterocycles. The van der Waals surface area contributed by atoms with E-state index in [1.165, 1.54) is 17.4 Å². The Morgan fingerprint density at radius 3 is 2.43 bits per heavy atom. The molecule has 106 valence electrons. The predicted octanol–water partition coefficient (Wildman–Crippen LogP) is 4.83. The Bertz CT molecular complexity index is 748. The van der Waals surface area contributed by atoms with Gasteiger partial charge in [-0.05, 0) is 30.0 Å². The van der Waals surface area contributed by atoms with Gasteiger partial charge in [-0.15, -0.1) is 0 Å². The maximum Gasteiger partial charge on any atom is 0.132 e. The second kappa shape index (κ2) is 5.96. The van der Waals surface area contributed by atoms with Crippen molar-refractivity contribution in [2.45, 2.75) is 26.2 Å². The molecule has 0 unspecified atom stereocenters. The van der Waals surface area contributed by atoms with Crippen molar-refractivity contribution in [3.8, 4) is 11.1 Å². The van der Waals surface area contributed by atoms with Crippen LogP contribution in [0.5, 0.6) is 0 Å². The Morgan fingerprint density at radius 2 is 1.67 bits per heavy atom. The van der Waals surface area contributed by atoms with Crippen LogP contribution in [0.1, 0.15) is 25.3 Å². The Labute approximate surface area is 125 Å². The van der Waals surface area contributed by atoms with Crippen molar-refractivity contribution in [1.29, 1.82) is 0 Å². The average Bonchev–Trinajstić information content (AvgIpc) is 2.53. The first-order valence-electron chi connectivity index (χ1n) is 7.53. The zero-order chi connectivity index (χ0) is 14.7. The molecule has 2 nitrogen and oxygen atoms in total. The van der Waals surface area contributed by atoms with Crippen molar-refractivity contribution >= 4 is 16.7 Å². The number of rotatable bonds is 4. The van der Waals surface area contributed by atoms with Gasteiger partial charge in [0, 0.05) is 10.9 Å². The van der Waals surface area contributed by atoms with E-state index in [1.54, 1.807) is 0 Å². The van der Waals surface area contributed by atoms with Crippen molar-refractivity contribution in [2.75, 3.05) is 5.73 Å². The molecule has 0 saturated carbocycles. The van der Waals surface area contributed by atoms with Crippen LogP contribution in [0.15, 0.2) is 54.6 Å². The van der Waals surface area contributed by atoms with E-state index in [-0.39, 0.29) is 0 Å². The van der Waals surface area contributed by atoms with Crippen molar-refractivity contribution < 1.29 is 0 Å². The van der Waals surface area contributed by atoms with Crippen LogP contribution in [0.25, 0.3) is 22.0 Å². The Kier molecular flexibility index (Phi) is 3.87. The number of fused-ring (bicyclic) bond motifs is 1. The predicted molar refractivity (Wildman–Crippen MR) is 90.2 cm³/mol. The second-order valence-electron chi connectivity index (χ2n) is 5.34. The maximum absolute atomic E-state index is 6.28. The lowest BCUT2D eigenvalue weighted by molar-refractivity contribution is 0.799. The van der Waals surface area contributed by atoms with Crippen LogP contribution in [0.3, 0.4) is 0 Å². The van der Waals surface area contributed by atoms with Crippen LogP contribution in [-0.2, 0) is 6.42 Å². The van der Waals surface area contributed by atoms with E-state index in [4.69, 9.17) is 5.73 Å². The Hall–Kier alpha value is -2.35. The first kappa shape index (κ1) is 13.6. The lowest BCUT2D eigenvalue weighted by atomic mass is 9.93. The summed E-state index contributed by atoms with van der Waals surface area (Å²) in [5.41, 5.74) is 10.8. The highest BCUT2D eigenvalue weighted by atomic mass is 14.8. The van der Waals surface area contributed by atoms with Gasteiger partial charge in [-0.2, -0.15) is 0 Å². The number of nitrogens with two attached hydrogens (primary N) is 1. The number of hydrogen-bond donors (Lipinski definition) is 1. The second-order valence-corrected chi connectivity index (χ2v) is 5.34. The topological polar surface area (TPSA) is 38.9 Å². The number of pyridine rings is 1. The van der Waals surface area contributed by atoms with Crippen LogP contribution in [-0.4, -0.2) is 4.98 Å². The van der Waals surface area contributed by atoms with Crippen LogP contribution < -0.4 is 5.73 Å². The quantitative estimate of drug-likeness (QED) is 0.741. The average molecular weight is 276 g/mol. The van der Waals surface area contributed by atoms with Crippen LogP contribution in [0.2, 0.25) is 0 Å². The molecular formula is C19H20N2. The molecule has 2 heteroatoms. The maximum atomic E-state index is 6.28. The van der Waals surface area contributed by atoms with Gasteiger partial charge in [0.2, 0.25) is 0 Å². The van der Waals surface area contributed by atoms with Gasteiger partial charge in [0.15, 0.2) is 0 Å². The van der Waals surface area contributed by atoms with E-state index in [1.807, 2.05) is 30.3 Å². The summed E-state index contributed by atoms with van der Waals surface area (Å²) in [4.78, 5) is 4.60. The molecule has 0 amide bonds. The van der Waals surface area contributed by atoms with Crippen molar-refractivity contribution in [3.63, 3.8) is 0 Å². The summed E-state index contributed by atoms with van der Waals surface area (Å²) in [7, 11) is 0. The molecule has 0 radical (unpaired) electrons. The largest absolute Gasteiger partial charge is 0.383 e. The third-order valence-electron chi connectivity index (χ3n) is 3.87. The van der Waals surface area contributed by atoms with Gasteiger partial charge in [-0.1, -0.05) is 61.9 Å². The number of aryl methyl sites for hydroxylation is 1. The minimum atomic E-state index is 0.631. The highest BCUT2D eigenvalue weighted by Crippen LogP contribution is 2.34. The highest BCUT2D eigenvalue weighted by molar-refractivity contribution is 5.93. The minimum Gasteiger partial charge on any atom is -0.383 e. The summed E-state index contributed by atoms with van der Waals surface area (Å²) in [6.45, 7) is 2.22. The Balaban J connectivity index is 2.28. The minimum absolute atomic E-state index is 0.631. The molecule has 0 atom stereocenters. The van der Waals surface area contributed by atoms with Crippen molar-refractivity contribution in [1.82, 2.24) is 4.98 Å². The van der Waals surface area contributed by atoms with E-state index in [0.29, 0.717) is 5.82 Å². The number of aromatic nitrogens is 1. The molecule has 1 aromatic heterocycles. The summed E-state index contributed by atoms with van der Waals surface area (Å²) >= 11 is 0. The first-order chi connectivity index (χ1) is 10.3. The number of hydrogen-bond acceptors (Lipinski definition) is 2. The first-order valence-corrected chi connectivity index (χ1v) is 7.53. The zero-order valence-electron chi connectivity index (χ0n) is 12.3. The summed E-state index contributed by atoms with van der Waals surface area (Å²) in [6.07, 6.45) is 3.37. The molecule has 2 aromatic carbocycles. The molecule has 0 fully saturated rings. The highest BCUT2D eigenvalue weighted by Gasteiger charge is 2.14. The molecular weight excluding hydrogens is 256 g/mol. The number of unbranched alkanes of at least 4 members (excludes halogenated alkanes) is 1. The molecule has 0 aliphatic carbocycles. The molecule has 0 bridgehead atoms. The van der Waals surface area contributed by atoms with Crippen LogP contribution in [0, 0.1) is 0 Å². The van der Waals surface area contributed by atoms with Crippen molar-refractivity contribution in [3.05, 3.63) is 60.2 Å². The van der Waals surface area contributed by atoms with Gasteiger partial charge in [-0.3, -0.25) is 0 Å². The van der Waals surface area contributed by atoms with E-state index in [0.717, 1.165) is 29.5 Å². The van der Waals surface area contributed by atoms with E-state index < -0.39 is 0 Å². The number of anilines is 1. The molecule has 3 aromatic rings. The standard InChI is InChI=1S/C19H20N2/c1-2-3-11-16-15-12-7-8-13-17(15)21-19(20)18(16)14-9-5-4-6-10-14/h4-10,12-13H,2-3,11H2,1H3,(H2,20,21). The number of para-hydroxylation sites is 1. The molecule has 0 aliphatic rings. The van der Waals surface area contributed by atoms with E-state index in [2.05, 4.69) is 36.2 Å². The summed E-state index contributed by atoms with van der Waals surface area (Å²) in [6, 6.07) is 18.6. The summed E-state index contributed by atoms with van der Waals surface area (Å²) in [5.74, 6) is 0.631. The number of benzene rings is 2. The lowest BCUT2D eigenvalue weighted by Crippen LogP contribution is -2.01. The SMILES string of the molecule is CCCCc1c(-c2ccccc2)c(N)nc2ccccc12. The smallest absolute Gasteiger partial charge is 0.132 e. The fourth-order valence-corrected chi connectivity index (χ4v) is 2.84. The summed E-state index contributed by atoms with van der Waals surface area (Å²) < 4.78 is 0. The van der Waals surface area contributed by atoms with Crippen LogP contribution in [0.4, 0.5) is 5.82 Å². The third-order valence-corrected chi connectivity index (χ3v) is 3.87. The fraction of sp³-hybridized carbons (Fsp3) is 0.211. The monoisotopic (exact) mass is 276 g/mol. The Morgan fingerprint density at radius 1 is 0.952 bits per heavy atom. The summed E-state index contributed by atoms with van der Waals surface area (Å²) in [5, 5.41) is 1.22. The normalized spacial score (nSPS) is 10.9. The van der Waals surface area contributed by atoms with Gasteiger partial charge in [0.1, 0.15) is 5.82 Å². The van der Waals surface area contributed by atoms with Gasteiger partial charge >= 0.3 is 0 Å². The zero-order valence-corrected chi connectivity index (χ0v) is 12.3. The van der Waals surface area contributed by atoms with Gasteiger partial charge in [0.05, 0.1) is 5.52 Å². The van der Waals surface area contributed by atoms with Gasteiger partial charge in [-0.25, -0.2) is 4.98 Å². The molecule has 0 saturated heterocycles. The fourth-order valence-electron chi connectivity index (χ4n) is 2.84. The van der Waals surface area contributed by atoms with E-state index in [9.17, 15) is 0 Å². The molecule has 21 heavy (non-hydrogen) atoms. The van der Waals surface area contributed by atoms with Crippen LogP contribution >= 0.6 is 0 Å². The number of nitrogen functional groups attached to an aromatic ring is 1. The van der Waals surface area contributed by atoms with Gasteiger partial charge < -0.3 is 5.73 Å².